The average Bonchev–Trinajstić information content (AvgIpc) is 2.62. The van der Waals surface area contributed by atoms with Crippen molar-refractivity contribution in [1.82, 2.24) is 9.88 Å². The molecule has 2 aromatic rings. The van der Waals surface area contributed by atoms with Gasteiger partial charge in [-0.2, -0.15) is 0 Å². The second-order valence-electron chi connectivity index (χ2n) is 6.43. The molecular weight excluding hydrogens is 320 g/mol. The maximum atomic E-state index is 12.6. The summed E-state index contributed by atoms with van der Waals surface area (Å²) in [4.78, 5) is 40.7. The number of piperidine rings is 1. The van der Waals surface area contributed by atoms with Gasteiger partial charge in [0.25, 0.3) is 11.5 Å². The molecule has 130 valence electrons. The molecule has 2 N–H and O–H groups in total. The van der Waals surface area contributed by atoms with Crippen molar-refractivity contribution < 1.29 is 14.7 Å². The number of aryl methyl sites for hydroxylation is 1. The third-order valence-electron chi connectivity index (χ3n) is 4.93. The lowest BCUT2D eigenvalue weighted by atomic mass is 9.73. The Hall–Kier alpha value is -2.89. The SMILES string of the molecule is Cc1ccc(C(=O)N2CCC(C(=O)O)(c3ccccc3)CC2)c(=O)[nH]1. The summed E-state index contributed by atoms with van der Waals surface area (Å²) in [5.41, 5.74) is 0.130. The normalized spacial score (nSPS) is 16.4. The topological polar surface area (TPSA) is 90.5 Å². The van der Waals surface area contributed by atoms with Crippen molar-refractivity contribution >= 4 is 11.9 Å². The number of likely N-dealkylation sites (tertiary alicyclic amines) is 1. The monoisotopic (exact) mass is 340 g/mol. The molecule has 0 aliphatic carbocycles. The minimum Gasteiger partial charge on any atom is -0.481 e. The molecule has 0 unspecified atom stereocenters. The Morgan fingerprint density at radius 1 is 1.08 bits per heavy atom. The van der Waals surface area contributed by atoms with E-state index in [0.29, 0.717) is 31.6 Å². The highest BCUT2D eigenvalue weighted by molar-refractivity contribution is 5.94. The molecule has 1 amide bonds. The smallest absolute Gasteiger partial charge is 0.314 e. The van der Waals surface area contributed by atoms with E-state index in [9.17, 15) is 19.5 Å². The first-order valence-electron chi connectivity index (χ1n) is 8.22. The zero-order valence-electron chi connectivity index (χ0n) is 14.0. The van der Waals surface area contributed by atoms with Crippen LogP contribution in [0.4, 0.5) is 0 Å². The highest BCUT2D eigenvalue weighted by Crippen LogP contribution is 2.36. The molecule has 0 atom stereocenters. The lowest BCUT2D eigenvalue weighted by Crippen LogP contribution is -2.49. The van der Waals surface area contributed by atoms with Gasteiger partial charge in [0.1, 0.15) is 5.56 Å². The Kier molecular flexibility index (Phi) is 4.44. The van der Waals surface area contributed by atoms with Crippen molar-refractivity contribution in [2.75, 3.05) is 13.1 Å². The van der Waals surface area contributed by atoms with Gasteiger partial charge < -0.3 is 15.0 Å². The van der Waals surface area contributed by atoms with Gasteiger partial charge in [-0.05, 0) is 37.5 Å². The van der Waals surface area contributed by atoms with Crippen LogP contribution in [0.15, 0.2) is 47.3 Å². The van der Waals surface area contributed by atoms with Crippen LogP contribution >= 0.6 is 0 Å². The van der Waals surface area contributed by atoms with Crippen LogP contribution in [0.5, 0.6) is 0 Å². The highest BCUT2D eigenvalue weighted by Gasteiger charge is 2.44. The summed E-state index contributed by atoms with van der Waals surface area (Å²) in [6.07, 6.45) is 0.643. The molecule has 1 aromatic heterocycles. The molecule has 1 aromatic carbocycles. The zero-order chi connectivity index (χ0) is 18.0. The van der Waals surface area contributed by atoms with Crippen molar-refractivity contribution in [3.63, 3.8) is 0 Å². The first kappa shape index (κ1) is 17.0. The fraction of sp³-hybridized carbons (Fsp3) is 0.316. The largest absolute Gasteiger partial charge is 0.481 e. The molecule has 6 heteroatoms. The van der Waals surface area contributed by atoms with Crippen LogP contribution in [0.1, 0.15) is 34.5 Å². The third kappa shape index (κ3) is 3.07. The van der Waals surface area contributed by atoms with E-state index in [1.165, 1.54) is 6.07 Å². The number of H-pyrrole nitrogens is 1. The summed E-state index contributed by atoms with van der Waals surface area (Å²) in [5, 5.41) is 9.80. The summed E-state index contributed by atoms with van der Waals surface area (Å²) in [7, 11) is 0. The van der Waals surface area contributed by atoms with E-state index in [-0.39, 0.29) is 11.5 Å². The summed E-state index contributed by atoms with van der Waals surface area (Å²) in [6.45, 7) is 2.35. The molecule has 1 saturated heterocycles. The third-order valence-corrected chi connectivity index (χ3v) is 4.93. The van der Waals surface area contributed by atoms with Gasteiger partial charge in [-0.1, -0.05) is 30.3 Å². The van der Waals surface area contributed by atoms with Crippen LogP contribution < -0.4 is 5.56 Å². The Bertz CT molecular complexity index is 849. The fourth-order valence-corrected chi connectivity index (χ4v) is 3.39. The van der Waals surface area contributed by atoms with E-state index >= 15 is 0 Å². The van der Waals surface area contributed by atoms with Crippen molar-refractivity contribution in [3.8, 4) is 0 Å². The number of amides is 1. The minimum absolute atomic E-state index is 0.0909. The Morgan fingerprint density at radius 2 is 1.72 bits per heavy atom. The molecule has 25 heavy (non-hydrogen) atoms. The van der Waals surface area contributed by atoms with Crippen LogP contribution in [0.3, 0.4) is 0 Å². The van der Waals surface area contributed by atoms with E-state index in [0.717, 1.165) is 5.56 Å². The molecule has 6 nitrogen and oxygen atoms in total. The Balaban J connectivity index is 1.81. The summed E-state index contributed by atoms with van der Waals surface area (Å²) in [5.74, 6) is -1.23. The van der Waals surface area contributed by atoms with Gasteiger partial charge in [0.15, 0.2) is 0 Å². The van der Waals surface area contributed by atoms with Crippen molar-refractivity contribution in [3.05, 3.63) is 69.6 Å². The lowest BCUT2D eigenvalue weighted by molar-refractivity contribution is -0.145. The molecule has 0 spiro atoms. The van der Waals surface area contributed by atoms with Gasteiger partial charge in [-0.15, -0.1) is 0 Å². The number of carboxylic acid groups (broad SMARTS) is 1. The lowest BCUT2D eigenvalue weighted by Gasteiger charge is -2.39. The molecule has 1 aliphatic rings. The van der Waals surface area contributed by atoms with Gasteiger partial charge in [-0.3, -0.25) is 14.4 Å². The number of carbonyl (C=O) groups is 2. The van der Waals surface area contributed by atoms with Crippen LogP contribution in [0, 0.1) is 6.92 Å². The van der Waals surface area contributed by atoms with E-state index in [1.54, 1.807) is 17.9 Å². The van der Waals surface area contributed by atoms with Gasteiger partial charge >= 0.3 is 5.97 Å². The standard InChI is InChI=1S/C19H20N2O4/c1-13-7-8-15(16(22)20-13)17(23)21-11-9-19(10-12-21,18(24)25)14-5-3-2-4-6-14/h2-8H,9-12H2,1H3,(H,20,22)(H,24,25). The Labute approximate surface area is 145 Å². The number of nitrogens with zero attached hydrogens (tertiary/aromatic N) is 1. The number of rotatable bonds is 3. The van der Waals surface area contributed by atoms with E-state index in [1.807, 2.05) is 30.3 Å². The van der Waals surface area contributed by atoms with Gasteiger partial charge in [0.05, 0.1) is 5.41 Å². The van der Waals surface area contributed by atoms with Gasteiger partial charge in [-0.25, -0.2) is 0 Å². The number of carboxylic acids is 1. The quantitative estimate of drug-likeness (QED) is 0.893. The first-order valence-corrected chi connectivity index (χ1v) is 8.22. The zero-order valence-corrected chi connectivity index (χ0v) is 14.0. The van der Waals surface area contributed by atoms with Crippen LogP contribution in [0.25, 0.3) is 0 Å². The number of aromatic amines is 1. The maximum Gasteiger partial charge on any atom is 0.314 e. The average molecular weight is 340 g/mol. The number of nitrogens with one attached hydrogen (secondary N) is 1. The summed E-state index contributed by atoms with van der Waals surface area (Å²) in [6, 6.07) is 12.3. The van der Waals surface area contributed by atoms with Gasteiger partial charge in [0, 0.05) is 18.8 Å². The van der Waals surface area contributed by atoms with Crippen LogP contribution in [-0.2, 0) is 10.2 Å². The number of aromatic nitrogens is 1. The minimum atomic E-state index is -0.988. The van der Waals surface area contributed by atoms with Crippen molar-refractivity contribution in [2.24, 2.45) is 0 Å². The molecule has 1 fully saturated rings. The second kappa shape index (κ2) is 6.55. The highest BCUT2D eigenvalue weighted by atomic mass is 16.4. The van der Waals surface area contributed by atoms with E-state index in [2.05, 4.69) is 4.98 Å². The van der Waals surface area contributed by atoms with E-state index in [4.69, 9.17) is 0 Å². The molecule has 2 heterocycles. The molecule has 0 radical (unpaired) electrons. The number of carbonyl (C=O) groups excluding carboxylic acids is 1. The number of aliphatic carboxylic acids is 1. The number of hydrogen-bond acceptors (Lipinski definition) is 3. The maximum absolute atomic E-state index is 12.6. The van der Waals surface area contributed by atoms with Crippen LogP contribution in [-0.4, -0.2) is 40.0 Å². The molecule has 3 rings (SSSR count). The first-order chi connectivity index (χ1) is 11.9. The second-order valence-corrected chi connectivity index (χ2v) is 6.43. The summed E-state index contributed by atoms with van der Waals surface area (Å²) < 4.78 is 0. The van der Waals surface area contributed by atoms with Crippen molar-refractivity contribution in [2.45, 2.75) is 25.2 Å². The fourth-order valence-electron chi connectivity index (χ4n) is 3.39. The predicted molar refractivity (Wildman–Crippen MR) is 92.7 cm³/mol. The van der Waals surface area contributed by atoms with Crippen LogP contribution in [0.2, 0.25) is 0 Å². The Morgan fingerprint density at radius 3 is 2.28 bits per heavy atom. The molecule has 0 saturated carbocycles. The number of benzene rings is 1. The van der Waals surface area contributed by atoms with Crippen molar-refractivity contribution in [1.29, 1.82) is 0 Å². The molecular formula is C19H20N2O4. The number of hydrogen-bond donors (Lipinski definition) is 2. The molecule has 0 bridgehead atoms. The summed E-state index contributed by atoms with van der Waals surface area (Å²) >= 11 is 0. The predicted octanol–water partition coefficient (Wildman–Crippen LogP) is 1.94. The molecule has 1 aliphatic heterocycles. The van der Waals surface area contributed by atoms with E-state index < -0.39 is 16.9 Å². The number of pyridine rings is 1. The van der Waals surface area contributed by atoms with Gasteiger partial charge in [0.2, 0.25) is 0 Å².